The van der Waals surface area contributed by atoms with Crippen LogP contribution in [0, 0.1) is 13.8 Å². The van der Waals surface area contributed by atoms with Crippen LogP contribution in [0.25, 0.3) is 0 Å². The monoisotopic (exact) mass is 366 g/mol. The maximum atomic E-state index is 12.3. The molecule has 0 saturated carbocycles. The molecule has 0 radical (unpaired) electrons. The van der Waals surface area contributed by atoms with Crippen molar-refractivity contribution in [3.8, 4) is 0 Å². The zero-order valence-electron chi connectivity index (χ0n) is 13.4. The van der Waals surface area contributed by atoms with Gasteiger partial charge in [-0.3, -0.25) is 4.79 Å². The molecule has 24 heavy (non-hydrogen) atoms. The van der Waals surface area contributed by atoms with E-state index in [9.17, 15) is 9.59 Å². The maximum absolute atomic E-state index is 12.3. The number of anilines is 1. The van der Waals surface area contributed by atoms with Crippen molar-refractivity contribution in [3.05, 3.63) is 56.8 Å². The lowest BCUT2D eigenvalue weighted by molar-refractivity contribution is -0.115. The number of carbonyl (C=O) groups is 2. The van der Waals surface area contributed by atoms with E-state index < -0.39 is 5.97 Å². The van der Waals surface area contributed by atoms with Gasteiger partial charge in [-0.15, -0.1) is 0 Å². The molecule has 0 spiro atoms. The Morgan fingerprint density at radius 1 is 1.21 bits per heavy atom. The van der Waals surface area contributed by atoms with Crippen molar-refractivity contribution >= 4 is 40.8 Å². The summed E-state index contributed by atoms with van der Waals surface area (Å²) in [6.45, 7) is 3.59. The summed E-state index contributed by atoms with van der Waals surface area (Å²) in [5, 5.41) is 3.35. The summed E-state index contributed by atoms with van der Waals surface area (Å²) in [7, 11) is 1.30. The van der Waals surface area contributed by atoms with E-state index in [4.69, 9.17) is 23.2 Å². The molecule has 0 fully saturated rings. The molecular formula is C17H16Cl2N2O3. The molecule has 0 unspecified atom stereocenters. The number of methoxy groups -OCH3 is 1. The van der Waals surface area contributed by atoms with Gasteiger partial charge in [0.25, 0.3) is 0 Å². The normalized spacial score (nSPS) is 10.4. The van der Waals surface area contributed by atoms with Crippen LogP contribution in [-0.2, 0) is 16.0 Å². The lowest BCUT2D eigenvalue weighted by atomic mass is 10.1. The number of esters is 1. The average Bonchev–Trinajstić information content (AvgIpc) is 2.52. The molecule has 1 amide bonds. The van der Waals surface area contributed by atoms with Crippen LogP contribution in [0.3, 0.4) is 0 Å². The van der Waals surface area contributed by atoms with Gasteiger partial charge in [-0.1, -0.05) is 29.3 Å². The van der Waals surface area contributed by atoms with Gasteiger partial charge < -0.3 is 10.1 Å². The van der Waals surface area contributed by atoms with Gasteiger partial charge in [-0.05, 0) is 37.6 Å². The Morgan fingerprint density at radius 3 is 2.54 bits per heavy atom. The molecule has 2 aromatic rings. The van der Waals surface area contributed by atoms with Crippen LogP contribution in [0.15, 0.2) is 24.3 Å². The third-order valence-electron chi connectivity index (χ3n) is 3.42. The number of benzene rings is 1. The summed E-state index contributed by atoms with van der Waals surface area (Å²) in [4.78, 5) is 28.0. The summed E-state index contributed by atoms with van der Waals surface area (Å²) >= 11 is 12.2. The second-order valence-corrected chi connectivity index (χ2v) is 6.03. The molecule has 2 rings (SSSR count). The first-order valence-electron chi connectivity index (χ1n) is 7.12. The van der Waals surface area contributed by atoms with E-state index in [1.807, 2.05) is 6.92 Å². The molecule has 1 heterocycles. The Labute approximate surface area is 149 Å². The average molecular weight is 367 g/mol. The topological polar surface area (TPSA) is 68.3 Å². The highest BCUT2D eigenvalue weighted by atomic mass is 35.5. The van der Waals surface area contributed by atoms with Gasteiger partial charge >= 0.3 is 5.97 Å². The van der Waals surface area contributed by atoms with Gasteiger partial charge in [-0.2, -0.15) is 0 Å². The largest absolute Gasteiger partial charge is 0.465 e. The maximum Gasteiger partial charge on any atom is 0.337 e. The second-order valence-electron chi connectivity index (χ2n) is 5.26. The molecule has 7 heteroatoms. The zero-order valence-corrected chi connectivity index (χ0v) is 15.0. The van der Waals surface area contributed by atoms with Gasteiger partial charge in [-0.25, -0.2) is 9.78 Å². The zero-order chi connectivity index (χ0) is 17.9. The fourth-order valence-electron chi connectivity index (χ4n) is 2.14. The number of halogens is 2. The number of hydrogen-bond acceptors (Lipinski definition) is 4. The van der Waals surface area contributed by atoms with Crippen molar-refractivity contribution in [2.45, 2.75) is 20.3 Å². The van der Waals surface area contributed by atoms with Crippen LogP contribution < -0.4 is 5.32 Å². The highest BCUT2D eigenvalue weighted by molar-refractivity contribution is 6.35. The van der Waals surface area contributed by atoms with Crippen molar-refractivity contribution in [1.29, 1.82) is 0 Å². The second kappa shape index (κ2) is 7.64. The molecule has 0 aliphatic rings. The molecular weight excluding hydrogens is 351 g/mol. The Bertz CT molecular complexity index is 783. The van der Waals surface area contributed by atoms with Crippen molar-refractivity contribution < 1.29 is 14.3 Å². The fraction of sp³-hybridized carbons (Fsp3) is 0.235. The lowest BCUT2D eigenvalue weighted by Gasteiger charge is -2.11. The predicted octanol–water partition coefficient (Wildman–Crippen LogP) is 3.97. The Kier molecular flexibility index (Phi) is 5.80. The first-order valence-corrected chi connectivity index (χ1v) is 7.87. The van der Waals surface area contributed by atoms with Crippen LogP contribution in [0.1, 0.15) is 27.2 Å². The first kappa shape index (κ1) is 18.2. The molecule has 1 N–H and O–H groups in total. The number of amides is 1. The van der Waals surface area contributed by atoms with Crippen LogP contribution in [0.5, 0.6) is 0 Å². The lowest BCUT2D eigenvalue weighted by Crippen LogP contribution is -2.16. The number of aromatic nitrogens is 1. The summed E-state index contributed by atoms with van der Waals surface area (Å²) in [6, 6.07) is 6.58. The smallest absolute Gasteiger partial charge is 0.337 e. The fourth-order valence-corrected chi connectivity index (χ4v) is 2.80. The van der Waals surface area contributed by atoms with Gasteiger partial charge in [0.1, 0.15) is 5.15 Å². The molecule has 0 saturated heterocycles. The number of ether oxygens (including phenoxy) is 1. The Balaban J connectivity index is 2.20. The third-order valence-corrected chi connectivity index (χ3v) is 4.07. The minimum Gasteiger partial charge on any atom is -0.465 e. The van der Waals surface area contributed by atoms with Crippen molar-refractivity contribution in [2.75, 3.05) is 12.4 Å². The van der Waals surface area contributed by atoms with E-state index in [-0.39, 0.29) is 17.5 Å². The van der Waals surface area contributed by atoms with Crippen molar-refractivity contribution in [3.63, 3.8) is 0 Å². The number of pyridine rings is 1. The standard InChI is InChI=1S/C17H16Cl2N2O3/c1-9-4-5-11(17(23)24-3)7-14(9)21-15(22)8-12-13(18)6-10(2)20-16(12)19/h4-7H,8H2,1-3H3,(H,21,22). The number of nitrogens with one attached hydrogen (secondary N) is 1. The Hall–Kier alpha value is -2.11. The van der Waals surface area contributed by atoms with Crippen molar-refractivity contribution in [2.24, 2.45) is 0 Å². The quantitative estimate of drug-likeness (QED) is 0.656. The van der Waals surface area contributed by atoms with Gasteiger partial charge in [0.05, 0.1) is 19.1 Å². The highest BCUT2D eigenvalue weighted by Crippen LogP contribution is 2.25. The summed E-state index contributed by atoms with van der Waals surface area (Å²) in [6.07, 6.45) is -0.0210. The van der Waals surface area contributed by atoms with Crippen LogP contribution >= 0.6 is 23.2 Å². The van der Waals surface area contributed by atoms with Crippen LogP contribution in [0.2, 0.25) is 10.2 Å². The third kappa shape index (κ3) is 4.24. The van der Waals surface area contributed by atoms with E-state index in [2.05, 4.69) is 15.0 Å². The van der Waals surface area contributed by atoms with Crippen LogP contribution in [0.4, 0.5) is 5.69 Å². The number of hydrogen-bond donors (Lipinski definition) is 1. The predicted molar refractivity (Wildman–Crippen MR) is 93.8 cm³/mol. The number of nitrogens with zero attached hydrogens (tertiary/aromatic N) is 1. The molecule has 0 aliphatic carbocycles. The molecule has 1 aromatic carbocycles. The van der Waals surface area contributed by atoms with Gasteiger partial charge in [0.15, 0.2) is 0 Å². The SMILES string of the molecule is COC(=O)c1ccc(C)c(NC(=O)Cc2c(Cl)cc(C)nc2Cl)c1. The molecule has 0 bridgehead atoms. The van der Waals surface area contributed by atoms with E-state index in [0.717, 1.165) is 5.56 Å². The Morgan fingerprint density at radius 2 is 1.92 bits per heavy atom. The molecule has 5 nitrogen and oxygen atoms in total. The summed E-state index contributed by atoms with van der Waals surface area (Å²) in [5.41, 5.74) is 2.83. The molecule has 0 aliphatic heterocycles. The molecule has 0 atom stereocenters. The van der Waals surface area contributed by atoms with E-state index >= 15 is 0 Å². The van der Waals surface area contributed by atoms with Crippen LogP contribution in [-0.4, -0.2) is 24.0 Å². The number of carbonyl (C=O) groups excluding carboxylic acids is 2. The van der Waals surface area contributed by atoms with E-state index in [0.29, 0.717) is 27.5 Å². The van der Waals surface area contributed by atoms with Crippen molar-refractivity contribution in [1.82, 2.24) is 4.98 Å². The highest BCUT2D eigenvalue weighted by Gasteiger charge is 2.15. The van der Waals surface area contributed by atoms with Gasteiger partial charge in [0, 0.05) is 22.0 Å². The first-order chi connectivity index (χ1) is 11.3. The molecule has 126 valence electrons. The number of aryl methyl sites for hydroxylation is 2. The summed E-state index contributed by atoms with van der Waals surface area (Å²) in [5.74, 6) is -0.783. The minimum atomic E-state index is -0.473. The van der Waals surface area contributed by atoms with E-state index in [1.54, 1.807) is 31.2 Å². The summed E-state index contributed by atoms with van der Waals surface area (Å²) < 4.78 is 4.68. The number of rotatable bonds is 4. The molecule has 1 aromatic heterocycles. The van der Waals surface area contributed by atoms with Gasteiger partial charge in [0.2, 0.25) is 5.91 Å². The van der Waals surface area contributed by atoms with E-state index in [1.165, 1.54) is 7.11 Å². The minimum absolute atomic E-state index is 0.0210.